The molecule has 1 aromatic heterocycles. The fourth-order valence-electron chi connectivity index (χ4n) is 3.68. The normalized spacial score (nSPS) is 17.3. The molecule has 0 fully saturated rings. The van der Waals surface area contributed by atoms with Gasteiger partial charge in [0.25, 0.3) is 5.56 Å². The van der Waals surface area contributed by atoms with Crippen molar-refractivity contribution >= 4 is 23.8 Å². The summed E-state index contributed by atoms with van der Waals surface area (Å²) in [4.78, 5) is 27.5. The summed E-state index contributed by atoms with van der Waals surface area (Å²) >= 11 is 5.20. The van der Waals surface area contributed by atoms with Crippen molar-refractivity contribution in [2.24, 2.45) is 5.10 Å². The fraction of sp³-hybridized carbons (Fsp3) is 0.400. The number of hydrogen-bond donors (Lipinski definition) is 2. The van der Waals surface area contributed by atoms with Crippen molar-refractivity contribution in [1.82, 2.24) is 14.6 Å². The van der Waals surface area contributed by atoms with Crippen molar-refractivity contribution in [3.8, 4) is 17.4 Å². The summed E-state index contributed by atoms with van der Waals surface area (Å²) in [6, 6.07) is 4.99. The molecule has 0 saturated heterocycles. The average molecular weight is 430 g/mol. The molecule has 1 unspecified atom stereocenters. The number of hydrazone groups is 1. The summed E-state index contributed by atoms with van der Waals surface area (Å²) in [5.74, 6) is 0.727. The van der Waals surface area contributed by atoms with Crippen LogP contribution in [0.15, 0.2) is 28.1 Å². The van der Waals surface area contributed by atoms with E-state index in [-0.39, 0.29) is 35.3 Å². The van der Waals surface area contributed by atoms with Gasteiger partial charge in [-0.25, -0.2) is 5.01 Å². The standard InChI is InChI=1S/C20H22N4O5S/c1-3-4-7-23-19(27)17(18(26)21-20(23)30)13-9-14(24(22-13)11(2)25)12-5-6-15-16(8-12)29-10-28-15/h5-6,8,14,27H,3-4,7,9-10H2,1-2H3,(H,21,26,30). The summed E-state index contributed by atoms with van der Waals surface area (Å²) in [6.45, 7) is 4.05. The van der Waals surface area contributed by atoms with Crippen molar-refractivity contribution in [2.45, 2.75) is 45.7 Å². The minimum absolute atomic E-state index is 0.0363. The molecule has 9 nitrogen and oxygen atoms in total. The van der Waals surface area contributed by atoms with Crippen LogP contribution in [0.25, 0.3) is 0 Å². The van der Waals surface area contributed by atoms with Crippen LogP contribution in [0, 0.1) is 4.77 Å². The van der Waals surface area contributed by atoms with Crippen molar-refractivity contribution in [3.05, 3.63) is 44.5 Å². The Morgan fingerprint density at radius 2 is 2.13 bits per heavy atom. The number of rotatable bonds is 5. The maximum Gasteiger partial charge on any atom is 0.264 e. The minimum atomic E-state index is -0.529. The van der Waals surface area contributed by atoms with E-state index in [9.17, 15) is 14.7 Å². The average Bonchev–Trinajstić information content (AvgIpc) is 3.34. The first-order chi connectivity index (χ1) is 14.4. The number of H-pyrrole nitrogens is 1. The first kappa shape index (κ1) is 20.1. The van der Waals surface area contributed by atoms with Crippen molar-refractivity contribution in [2.75, 3.05) is 6.79 Å². The molecule has 2 aliphatic rings. The number of carbonyl (C=O) groups excluding carboxylic acids is 1. The molecule has 4 rings (SSSR count). The van der Waals surface area contributed by atoms with E-state index < -0.39 is 11.6 Å². The second kappa shape index (κ2) is 7.94. The number of benzene rings is 1. The molecule has 2 N–H and O–H groups in total. The van der Waals surface area contributed by atoms with E-state index in [0.717, 1.165) is 18.4 Å². The van der Waals surface area contributed by atoms with E-state index in [1.54, 1.807) is 12.1 Å². The number of fused-ring (bicyclic) bond motifs is 1. The van der Waals surface area contributed by atoms with Gasteiger partial charge in [0.2, 0.25) is 18.6 Å². The van der Waals surface area contributed by atoms with Gasteiger partial charge in [-0.15, -0.1) is 0 Å². The Labute approximate surface area is 177 Å². The first-order valence-corrected chi connectivity index (χ1v) is 10.1. The number of nitrogens with zero attached hydrogens (tertiary/aromatic N) is 3. The molecule has 0 spiro atoms. The summed E-state index contributed by atoms with van der Waals surface area (Å²) in [7, 11) is 0. The molecule has 10 heteroatoms. The van der Waals surface area contributed by atoms with Crippen LogP contribution in [0.2, 0.25) is 0 Å². The van der Waals surface area contributed by atoms with Crippen molar-refractivity contribution < 1.29 is 19.4 Å². The number of aromatic hydroxyl groups is 1. The minimum Gasteiger partial charge on any atom is -0.494 e. The molecule has 0 radical (unpaired) electrons. The highest BCUT2D eigenvalue weighted by atomic mass is 32.1. The van der Waals surface area contributed by atoms with Gasteiger partial charge in [-0.05, 0) is 36.3 Å². The Balaban J connectivity index is 1.74. The maximum atomic E-state index is 12.6. The monoisotopic (exact) mass is 430 g/mol. The Bertz CT molecular complexity index is 1150. The maximum absolute atomic E-state index is 12.6. The third kappa shape index (κ3) is 3.47. The van der Waals surface area contributed by atoms with Crippen LogP contribution in [0.3, 0.4) is 0 Å². The first-order valence-electron chi connectivity index (χ1n) is 9.74. The Morgan fingerprint density at radius 1 is 1.37 bits per heavy atom. The lowest BCUT2D eigenvalue weighted by molar-refractivity contribution is -0.130. The highest BCUT2D eigenvalue weighted by Gasteiger charge is 2.35. The molecule has 1 atom stereocenters. The summed E-state index contributed by atoms with van der Waals surface area (Å²) < 4.78 is 12.4. The van der Waals surface area contributed by atoms with Gasteiger partial charge in [-0.3, -0.25) is 19.1 Å². The van der Waals surface area contributed by atoms with Gasteiger partial charge in [0.1, 0.15) is 5.56 Å². The van der Waals surface area contributed by atoms with E-state index in [4.69, 9.17) is 21.7 Å². The third-order valence-electron chi connectivity index (χ3n) is 5.21. The molecule has 2 aliphatic heterocycles. The van der Waals surface area contributed by atoms with Crippen LogP contribution in [0.5, 0.6) is 17.4 Å². The zero-order valence-corrected chi connectivity index (χ0v) is 17.5. The highest BCUT2D eigenvalue weighted by Crippen LogP contribution is 2.39. The SMILES string of the molecule is CCCCn1c(O)c(C2=NN(C(C)=O)C(c3ccc4c(c3)OCO4)C2)c(=O)[nH]c1=S. The van der Waals surface area contributed by atoms with Gasteiger partial charge in [-0.1, -0.05) is 19.4 Å². The van der Waals surface area contributed by atoms with E-state index in [2.05, 4.69) is 10.1 Å². The summed E-state index contributed by atoms with van der Waals surface area (Å²) in [6.07, 6.45) is 1.96. The van der Waals surface area contributed by atoms with E-state index >= 15 is 0 Å². The molecular weight excluding hydrogens is 408 g/mol. The van der Waals surface area contributed by atoms with Crippen LogP contribution < -0.4 is 15.0 Å². The van der Waals surface area contributed by atoms with Crippen LogP contribution in [-0.4, -0.2) is 38.1 Å². The number of nitrogens with one attached hydrogen (secondary N) is 1. The summed E-state index contributed by atoms with van der Waals surface area (Å²) in [5.41, 5.74) is 0.628. The van der Waals surface area contributed by atoms with Gasteiger partial charge >= 0.3 is 0 Å². The number of carbonyl (C=O) groups is 1. The number of unbranched alkanes of at least 4 members (excludes halogenated alkanes) is 1. The number of hydrogen-bond acceptors (Lipinski definition) is 7. The van der Waals surface area contributed by atoms with Gasteiger partial charge < -0.3 is 14.6 Å². The molecule has 1 aromatic carbocycles. The van der Waals surface area contributed by atoms with Gasteiger partial charge in [0.05, 0.1) is 11.8 Å². The van der Waals surface area contributed by atoms with Crippen LogP contribution >= 0.6 is 12.2 Å². The molecule has 1 amide bonds. The molecule has 30 heavy (non-hydrogen) atoms. The van der Waals surface area contributed by atoms with Crippen molar-refractivity contribution in [3.63, 3.8) is 0 Å². The lowest BCUT2D eigenvalue weighted by atomic mass is 9.98. The number of ether oxygens (including phenoxy) is 2. The number of aromatic nitrogens is 2. The van der Waals surface area contributed by atoms with Gasteiger partial charge in [-0.2, -0.15) is 5.10 Å². The second-order valence-electron chi connectivity index (χ2n) is 7.21. The lowest BCUT2D eigenvalue weighted by Gasteiger charge is -2.20. The summed E-state index contributed by atoms with van der Waals surface area (Å²) in [5, 5.41) is 16.5. The van der Waals surface area contributed by atoms with E-state index in [1.807, 2.05) is 13.0 Å². The smallest absolute Gasteiger partial charge is 0.264 e. The predicted octanol–water partition coefficient (Wildman–Crippen LogP) is 2.84. The lowest BCUT2D eigenvalue weighted by Crippen LogP contribution is -2.24. The zero-order chi connectivity index (χ0) is 21.4. The molecule has 2 aromatic rings. The molecule has 3 heterocycles. The second-order valence-corrected chi connectivity index (χ2v) is 7.59. The Kier molecular flexibility index (Phi) is 5.33. The van der Waals surface area contributed by atoms with E-state index in [1.165, 1.54) is 16.5 Å². The van der Waals surface area contributed by atoms with Crippen LogP contribution in [0.4, 0.5) is 0 Å². The molecule has 0 saturated carbocycles. The van der Waals surface area contributed by atoms with Crippen LogP contribution in [-0.2, 0) is 11.3 Å². The third-order valence-corrected chi connectivity index (χ3v) is 5.53. The zero-order valence-electron chi connectivity index (χ0n) is 16.7. The Hall–Kier alpha value is -3.14. The topological polar surface area (TPSA) is 109 Å². The number of aromatic amines is 1. The quantitative estimate of drug-likeness (QED) is 0.706. The van der Waals surface area contributed by atoms with E-state index in [0.29, 0.717) is 23.8 Å². The largest absolute Gasteiger partial charge is 0.494 e. The van der Waals surface area contributed by atoms with Gasteiger partial charge in [0, 0.05) is 19.9 Å². The van der Waals surface area contributed by atoms with Crippen molar-refractivity contribution in [1.29, 1.82) is 0 Å². The molecular formula is C20H22N4O5S. The Morgan fingerprint density at radius 3 is 2.87 bits per heavy atom. The molecule has 0 aliphatic carbocycles. The molecule has 158 valence electrons. The fourth-order valence-corrected chi connectivity index (χ4v) is 3.95. The molecule has 0 bridgehead atoms. The van der Waals surface area contributed by atoms with Crippen LogP contribution in [0.1, 0.15) is 50.3 Å². The number of amides is 1. The predicted molar refractivity (Wildman–Crippen MR) is 111 cm³/mol. The highest BCUT2D eigenvalue weighted by molar-refractivity contribution is 7.71. The van der Waals surface area contributed by atoms with Gasteiger partial charge in [0.15, 0.2) is 16.3 Å².